The van der Waals surface area contributed by atoms with Crippen LogP contribution < -0.4 is 5.32 Å². The second kappa shape index (κ2) is 6.06. The Balaban J connectivity index is 1.40. The van der Waals surface area contributed by atoms with Crippen molar-refractivity contribution in [3.8, 4) is 0 Å². The molecule has 2 aromatic heterocycles. The van der Waals surface area contributed by atoms with Gasteiger partial charge in [0.25, 0.3) is 0 Å². The van der Waals surface area contributed by atoms with Gasteiger partial charge < -0.3 is 10.1 Å². The van der Waals surface area contributed by atoms with Crippen molar-refractivity contribution >= 4 is 17.2 Å². The van der Waals surface area contributed by atoms with Gasteiger partial charge in [-0.2, -0.15) is 0 Å². The summed E-state index contributed by atoms with van der Waals surface area (Å²) >= 11 is 1.77. The highest BCUT2D eigenvalue weighted by molar-refractivity contribution is 7.10. The molecule has 1 aliphatic heterocycles. The van der Waals surface area contributed by atoms with Gasteiger partial charge in [-0.1, -0.05) is 6.07 Å². The van der Waals surface area contributed by atoms with Gasteiger partial charge >= 0.3 is 0 Å². The first kappa shape index (κ1) is 14.8. The molecule has 0 spiro atoms. The Morgan fingerprint density at radius 2 is 2.35 bits per heavy atom. The number of hydrogen-bond donors (Lipinski definition) is 1. The highest BCUT2D eigenvalue weighted by Gasteiger charge is 2.46. The molecule has 1 N–H and O–H groups in total. The largest absolute Gasteiger partial charge is 0.371 e. The van der Waals surface area contributed by atoms with Crippen molar-refractivity contribution in [2.45, 2.75) is 37.8 Å². The van der Waals surface area contributed by atoms with E-state index in [9.17, 15) is 4.79 Å². The fraction of sp³-hybridized carbons (Fsp3) is 0.444. The minimum atomic E-state index is -0.0756. The summed E-state index contributed by atoms with van der Waals surface area (Å²) in [6.45, 7) is 2.81. The molecular formula is C18H20N2O2S. The summed E-state index contributed by atoms with van der Waals surface area (Å²) in [7, 11) is 0. The number of carbonyl (C=O) groups is 1. The van der Waals surface area contributed by atoms with Crippen molar-refractivity contribution < 1.29 is 9.53 Å². The van der Waals surface area contributed by atoms with E-state index >= 15 is 0 Å². The van der Waals surface area contributed by atoms with E-state index in [0.717, 1.165) is 18.4 Å². The van der Waals surface area contributed by atoms with Crippen molar-refractivity contribution in [2.24, 2.45) is 5.92 Å². The lowest BCUT2D eigenvalue weighted by molar-refractivity contribution is -0.123. The van der Waals surface area contributed by atoms with Gasteiger partial charge in [0.05, 0.1) is 6.04 Å². The monoisotopic (exact) mass is 328 g/mol. The highest BCUT2D eigenvalue weighted by Crippen LogP contribution is 2.50. The molecular weight excluding hydrogens is 308 g/mol. The molecule has 1 aliphatic carbocycles. The van der Waals surface area contributed by atoms with Crippen LogP contribution in [0.5, 0.6) is 0 Å². The third-order valence-corrected chi connectivity index (χ3v) is 5.95. The number of thiophene rings is 1. The van der Waals surface area contributed by atoms with Crippen LogP contribution in [0.25, 0.3) is 0 Å². The second-order valence-electron chi connectivity index (χ2n) is 6.40. The molecule has 1 amide bonds. The minimum Gasteiger partial charge on any atom is -0.371 e. The fourth-order valence-electron chi connectivity index (χ4n) is 3.44. The second-order valence-corrected chi connectivity index (χ2v) is 7.35. The van der Waals surface area contributed by atoms with Crippen molar-refractivity contribution in [3.63, 3.8) is 0 Å². The predicted octanol–water partition coefficient (Wildman–Crippen LogP) is 3.20. The highest BCUT2D eigenvalue weighted by atomic mass is 32.1. The summed E-state index contributed by atoms with van der Waals surface area (Å²) in [5, 5.41) is 5.33. The maximum atomic E-state index is 12.6. The van der Waals surface area contributed by atoms with E-state index in [4.69, 9.17) is 4.74 Å². The Kier molecular flexibility index (Phi) is 3.91. The van der Waals surface area contributed by atoms with Gasteiger partial charge in [0.15, 0.2) is 0 Å². The minimum absolute atomic E-state index is 0.0531. The molecule has 5 heteroatoms. The van der Waals surface area contributed by atoms with Gasteiger partial charge in [0.2, 0.25) is 5.91 Å². The number of nitrogens with zero attached hydrogens (tertiary/aromatic N) is 1. The van der Waals surface area contributed by atoms with Gasteiger partial charge in [-0.3, -0.25) is 9.78 Å². The van der Waals surface area contributed by atoms with E-state index in [2.05, 4.69) is 28.7 Å². The molecule has 1 saturated heterocycles. The van der Waals surface area contributed by atoms with Gasteiger partial charge in [-0.05, 0) is 42.8 Å². The molecule has 4 nitrogen and oxygen atoms in total. The zero-order valence-corrected chi connectivity index (χ0v) is 13.9. The molecule has 0 aromatic carbocycles. The Hall–Kier alpha value is -1.72. The van der Waals surface area contributed by atoms with Gasteiger partial charge in [-0.15, -0.1) is 11.3 Å². The zero-order valence-electron chi connectivity index (χ0n) is 13.1. The summed E-state index contributed by atoms with van der Waals surface area (Å²) in [6.07, 6.45) is 5.33. The predicted molar refractivity (Wildman–Crippen MR) is 89.4 cm³/mol. The number of carbonyl (C=O) groups excluding carboxylic acids is 1. The van der Waals surface area contributed by atoms with Crippen LogP contribution in [0, 0.1) is 12.8 Å². The first-order valence-electron chi connectivity index (χ1n) is 8.10. The van der Waals surface area contributed by atoms with Crippen LogP contribution in [0.3, 0.4) is 0 Å². The van der Waals surface area contributed by atoms with Gasteiger partial charge in [0, 0.05) is 41.3 Å². The quantitative estimate of drug-likeness (QED) is 0.938. The van der Waals surface area contributed by atoms with Crippen LogP contribution in [-0.2, 0) is 9.53 Å². The topological polar surface area (TPSA) is 51.2 Å². The van der Waals surface area contributed by atoms with Crippen LogP contribution >= 0.6 is 11.3 Å². The first-order chi connectivity index (χ1) is 11.2. The van der Waals surface area contributed by atoms with E-state index in [1.807, 2.05) is 18.3 Å². The summed E-state index contributed by atoms with van der Waals surface area (Å²) in [5.41, 5.74) is 2.35. The zero-order chi connectivity index (χ0) is 15.8. The first-order valence-corrected chi connectivity index (χ1v) is 8.98. The normalized spacial score (nSPS) is 29.4. The lowest BCUT2D eigenvalue weighted by atomic mass is 10.0. The Morgan fingerprint density at radius 3 is 3.09 bits per heavy atom. The number of amides is 1. The van der Waals surface area contributed by atoms with Crippen LogP contribution in [0.1, 0.15) is 40.9 Å². The van der Waals surface area contributed by atoms with Gasteiger partial charge in [-0.25, -0.2) is 0 Å². The number of nitrogens with one attached hydrogen (secondary N) is 1. The molecule has 4 rings (SSSR count). The van der Waals surface area contributed by atoms with Crippen molar-refractivity contribution in [1.82, 2.24) is 10.3 Å². The Morgan fingerprint density at radius 1 is 1.43 bits per heavy atom. The third-order valence-electron chi connectivity index (χ3n) is 4.80. The standard InChI is InChI=1S/C18H20N2O2S/c1-11-5-8-23-17(11)13-9-14(13)18(21)20-15-4-7-22-16(15)12-3-2-6-19-10-12/h2-3,5-6,8,10,13-16H,4,7,9H2,1H3,(H,20,21)/t13-,14-,15-,16+/m0/s1. The molecule has 0 radical (unpaired) electrons. The van der Waals surface area contributed by atoms with E-state index in [1.165, 1.54) is 10.4 Å². The van der Waals surface area contributed by atoms with E-state index in [0.29, 0.717) is 12.5 Å². The molecule has 1 saturated carbocycles. The lowest BCUT2D eigenvalue weighted by Gasteiger charge is -2.20. The number of pyridine rings is 1. The number of aryl methyl sites for hydroxylation is 1. The fourth-order valence-corrected chi connectivity index (χ4v) is 4.55. The summed E-state index contributed by atoms with van der Waals surface area (Å²) in [5.74, 6) is 0.712. The lowest BCUT2D eigenvalue weighted by Crippen LogP contribution is -2.38. The molecule has 2 fully saturated rings. The van der Waals surface area contributed by atoms with E-state index in [1.54, 1.807) is 17.5 Å². The average Bonchev–Trinajstić information content (AvgIpc) is 3.03. The number of aromatic nitrogens is 1. The van der Waals surface area contributed by atoms with Crippen LogP contribution in [0.15, 0.2) is 36.0 Å². The van der Waals surface area contributed by atoms with Crippen LogP contribution in [0.2, 0.25) is 0 Å². The number of hydrogen-bond acceptors (Lipinski definition) is 4. The molecule has 0 bridgehead atoms. The smallest absolute Gasteiger partial charge is 0.224 e. The molecule has 23 heavy (non-hydrogen) atoms. The number of rotatable bonds is 4. The average molecular weight is 328 g/mol. The molecule has 3 heterocycles. The Bertz CT molecular complexity index is 700. The van der Waals surface area contributed by atoms with Crippen molar-refractivity contribution in [3.05, 3.63) is 52.0 Å². The maximum absolute atomic E-state index is 12.6. The summed E-state index contributed by atoms with van der Waals surface area (Å²) < 4.78 is 5.82. The summed E-state index contributed by atoms with van der Waals surface area (Å²) in [4.78, 5) is 18.1. The molecule has 2 aromatic rings. The molecule has 2 aliphatic rings. The SMILES string of the molecule is Cc1ccsc1[C@H]1C[C@@H]1C(=O)N[C@H]1CCO[C@@H]1c1cccnc1. The van der Waals surface area contributed by atoms with Gasteiger partial charge in [0.1, 0.15) is 6.10 Å². The molecule has 120 valence electrons. The summed E-state index contributed by atoms with van der Waals surface area (Å²) in [6, 6.07) is 6.11. The van der Waals surface area contributed by atoms with Crippen molar-refractivity contribution in [1.29, 1.82) is 0 Å². The maximum Gasteiger partial charge on any atom is 0.224 e. The van der Waals surface area contributed by atoms with Crippen LogP contribution in [0.4, 0.5) is 0 Å². The Labute approximate surface area is 139 Å². The van der Waals surface area contributed by atoms with Crippen LogP contribution in [-0.4, -0.2) is 23.5 Å². The molecule has 0 unspecified atom stereocenters. The third kappa shape index (κ3) is 2.91. The van der Waals surface area contributed by atoms with Crippen molar-refractivity contribution in [2.75, 3.05) is 6.61 Å². The van der Waals surface area contributed by atoms with E-state index < -0.39 is 0 Å². The van der Waals surface area contributed by atoms with E-state index in [-0.39, 0.29) is 24.0 Å². The number of ether oxygens (including phenoxy) is 1. The molecule has 4 atom stereocenters.